The molecule has 36 heavy (non-hydrogen) atoms. The Balaban J connectivity index is 2.62. The summed E-state index contributed by atoms with van der Waals surface area (Å²) in [5.74, 6) is -3.57. The Morgan fingerprint density at radius 3 is 2.03 bits per heavy atom. The van der Waals surface area contributed by atoms with E-state index in [0.717, 1.165) is 32.3 Å². The molecule has 1 aliphatic heterocycles. The molecule has 0 amide bonds. The van der Waals surface area contributed by atoms with Crippen molar-refractivity contribution < 1.29 is 47.6 Å². The first-order chi connectivity index (χ1) is 16.9. The SMILES string of the molecule is COc1nc(N[C@@H]2O[C@H](COC(C)=O)[C@@H](OC(C)=O)[C@H](OC(C)=O)[C@H]2OC(C)=O)c(N=O)c(=O)n1C. The van der Waals surface area contributed by atoms with E-state index in [9.17, 15) is 28.9 Å². The number of aromatic nitrogens is 2. The molecule has 0 aromatic carbocycles. The molecule has 198 valence electrons. The first-order valence-electron chi connectivity index (χ1n) is 10.4. The van der Waals surface area contributed by atoms with E-state index in [-0.39, 0.29) is 6.01 Å². The van der Waals surface area contributed by atoms with Crippen molar-refractivity contribution in [3.8, 4) is 6.01 Å². The van der Waals surface area contributed by atoms with Gasteiger partial charge in [-0.15, -0.1) is 4.91 Å². The van der Waals surface area contributed by atoms with Crippen molar-refractivity contribution >= 4 is 35.4 Å². The van der Waals surface area contributed by atoms with E-state index in [0.29, 0.717) is 0 Å². The molecular weight excluding hydrogens is 488 g/mol. The van der Waals surface area contributed by atoms with Crippen molar-refractivity contribution in [3.63, 3.8) is 0 Å². The second kappa shape index (κ2) is 12.1. The van der Waals surface area contributed by atoms with E-state index < -0.39 is 78.2 Å². The van der Waals surface area contributed by atoms with Crippen molar-refractivity contribution in [3.05, 3.63) is 15.3 Å². The molecule has 1 N–H and O–H groups in total. The fourth-order valence-corrected chi connectivity index (χ4v) is 3.42. The van der Waals surface area contributed by atoms with Crippen LogP contribution in [0.25, 0.3) is 0 Å². The summed E-state index contributed by atoms with van der Waals surface area (Å²) in [6.07, 6.45) is -7.09. The monoisotopic (exact) mass is 514 g/mol. The van der Waals surface area contributed by atoms with Gasteiger partial charge in [0.1, 0.15) is 12.7 Å². The molecule has 16 nitrogen and oxygen atoms in total. The van der Waals surface area contributed by atoms with Gasteiger partial charge in [0.25, 0.3) is 5.56 Å². The number of carbonyl (C=O) groups is 4. The molecule has 1 fully saturated rings. The van der Waals surface area contributed by atoms with Gasteiger partial charge in [-0.1, -0.05) is 0 Å². The molecule has 0 bridgehead atoms. The first-order valence-corrected chi connectivity index (χ1v) is 10.4. The predicted octanol–water partition coefficient (Wildman–Crippen LogP) is -0.318. The largest absolute Gasteiger partial charge is 0.468 e. The summed E-state index contributed by atoms with van der Waals surface area (Å²) in [6.45, 7) is 3.86. The molecule has 0 unspecified atom stereocenters. The highest BCUT2D eigenvalue weighted by Crippen LogP contribution is 2.31. The third-order valence-corrected chi connectivity index (χ3v) is 4.77. The minimum Gasteiger partial charge on any atom is -0.468 e. The zero-order chi connectivity index (χ0) is 27.2. The number of hydrogen-bond acceptors (Lipinski definition) is 15. The van der Waals surface area contributed by atoms with Crippen LogP contribution in [-0.4, -0.2) is 77.8 Å². The Morgan fingerprint density at radius 2 is 1.53 bits per heavy atom. The van der Waals surface area contributed by atoms with Gasteiger partial charge in [-0.3, -0.25) is 28.5 Å². The van der Waals surface area contributed by atoms with Crippen molar-refractivity contribution in [2.45, 2.75) is 58.3 Å². The molecular formula is C20H26N4O12. The smallest absolute Gasteiger partial charge is 0.303 e. The lowest BCUT2D eigenvalue weighted by Crippen LogP contribution is -2.64. The van der Waals surface area contributed by atoms with E-state index >= 15 is 0 Å². The lowest BCUT2D eigenvalue weighted by Gasteiger charge is -2.44. The Bertz CT molecular complexity index is 1090. The fraction of sp³-hybridized carbons (Fsp3) is 0.600. The number of ether oxygens (including phenoxy) is 6. The first kappa shape index (κ1) is 28.2. The zero-order valence-electron chi connectivity index (χ0n) is 20.3. The molecule has 0 spiro atoms. The Morgan fingerprint density at radius 1 is 0.972 bits per heavy atom. The van der Waals surface area contributed by atoms with E-state index in [2.05, 4.69) is 15.5 Å². The average molecular weight is 514 g/mol. The number of methoxy groups -OCH3 is 1. The van der Waals surface area contributed by atoms with Crippen LogP contribution < -0.4 is 15.6 Å². The van der Waals surface area contributed by atoms with E-state index in [1.807, 2.05) is 0 Å². The van der Waals surface area contributed by atoms with Gasteiger partial charge in [-0.05, 0) is 5.18 Å². The van der Waals surface area contributed by atoms with Gasteiger partial charge >= 0.3 is 29.9 Å². The van der Waals surface area contributed by atoms with Gasteiger partial charge in [-0.2, -0.15) is 4.98 Å². The quantitative estimate of drug-likeness (QED) is 0.255. The summed E-state index contributed by atoms with van der Waals surface area (Å²) < 4.78 is 32.7. The molecule has 1 saturated heterocycles. The van der Waals surface area contributed by atoms with Crippen LogP contribution >= 0.6 is 0 Å². The van der Waals surface area contributed by atoms with Gasteiger partial charge in [0.05, 0.1) is 7.11 Å². The molecule has 2 rings (SSSR count). The van der Waals surface area contributed by atoms with Crippen molar-refractivity contribution in [1.29, 1.82) is 0 Å². The summed E-state index contributed by atoms with van der Waals surface area (Å²) in [6, 6.07) is -0.208. The van der Waals surface area contributed by atoms with Crippen LogP contribution in [-0.2, 0) is 49.9 Å². The maximum atomic E-state index is 12.5. The predicted molar refractivity (Wildman–Crippen MR) is 117 cm³/mol. The van der Waals surface area contributed by atoms with Gasteiger partial charge in [0.15, 0.2) is 30.4 Å². The summed E-state index contributed by atoms with van der Waals surface area (Å²) in [4.78, 5) is 75.0. The normalized spacial score (nSPS) is 23.1. The highest BCUT2D eigenvalue weighted by Gasteiger charge is 2.52. The fourth-order valence-electron chi connectivity index (χ4n) is 3.42. The Kier molecular flexibility index (Phi) is 9.43. The van der Waals surface area contributed by atoms with Crippen LogP contribution in [0.3, 0.4) is 0 Å². The minimum atomic E-state index is -1.50. The Labute approximate surface area is 204 Å². The Hall–Kier alpha value is -4.08. The minimum absolute atomic E-state index is 0.208. The van der Waals surface area contributed by atoms with Gasteiger partial charge in [-0.25, -0.2) is 0 Å². The highest BCUT2D eigenvalue weighted by molar-refractivity contribution is 5.69. The molecule has 1 aromatic rings. The molecule has 2 heterocycles. The summed E-state index contributed by atoms with van der Waals surface area (Å²) in [5.41, 5.74) is -1.53. The maximum Gasteiger partial charge on any atom is 0.303 e. The van der Waals surface area contributed by atoms with E-state index in [4.69, 9.17) is 28.4 Å². The lowest BCUT2D eigenvalue weighted by molar-refractivity contribution is -0.247. The molecule has 5 atom stereocenters. The molecule has 0 saturated carbocycles. The molecule has 0 radical (unpaired) electrons. The number of nitroso groups, excluding NO2 is 1. The molecule has 16 heteroatoms. The van der Waals surface area contributed by atoms with Crippen molar-refractivity contribution in [2.75, 3.05) is 19.0 Å². The number of anilines is 1. The standard InChI is InChI=1S/C20H26N4O12/c1-8(25)32-7-12-14(33-9(2)26)15(34-10(3)27)16(35-11(4)28)18(36-12)21-17-13(23-30)19(29)24(5)20(22-17)31-6/h12,14-16,18,21H,7H2,1-6H3/t12-,14-,15+,16-,18-/m1/s1. The third-order valence-electron chi connectivity index (χ3n) is 4.77. The number of nitrogens with one attached hydrogen (secondary N) is 1. The summed E-state index contributed by atoms with van der Waals surface area (Å²) in [5, 5.41) is 5.33. The number of rotatable bonds is 9. The highest BCUT2D eigenvalue weighted by atomic mass is 16.7. The number of esters is 4. The van der Waals surface area contributed by atoms with Crippen LogP contribution in [0.15, 0.2) is 9.97 Å². The second-order valence-electron chi connectivity index (χ2n) is 7.52. The molecule has 0 aliphatic carbocycles. The van der Waals surface area contributed by atoms with Crippen molar-refractivity contribution in [2.24, 2.45) is 12.2 Å². The third kappa shape index (κ3) is 6.74. The van der Waals surface area contributed by atoms with Gasteiger partial charge in [0.2, 0.25) is 5.69 Å². The second-order valence-corrected chi connectivity index (χ2v) is 7.52. The van der Waals surface area contributed by atoms with Crippen molar-refractivity contribution in [1.82, 2.24) is 9.55 Å². The summed E-state index contributed by atoms with van der Waals surface area (Å²) >= 11 is 0. The number of hydrogen-bond donors (Lipinski definition) is 1. The lowest BCUT2D eigenvalue weighted by atomic mass is 9.97. The van der Waals surface area contributed by atoms with Crippen LogP contribution in [0.2, 0.25) is 0 Å². The van der Waals surface area contributed by atoms with Crippen LogP contribution in [0, 0.1) is 4.91 Å². The molecule has 1 aliphatic rings. The van der Waals surface area contributed by atoms with Gasteiger partial charge in [0, 0.05) is 34.7 Å². The average Bonchev–Trinajstić information content (AvgIpc) is 2.78. The van der Waals surface area contributed by atoms with Gasteiger partial charge < -0.3 is 33.7 Å². The van der Waals surface area contributed by atoms with Crippen LogP contribution in [0.4, 0.5) is 11.5 Å². The molecule has 1 aromatic heterocycles. The zero-order valence-corrected chi connectivity index (χ0v) is 20.3. The topological polar surface area (TPSA) is 200 Å². The maximum absolute atomic E-state index is 12.5. The van der Waals surface area contributed by atoms with Crippen LogP contribution in [0.5, 0.6) is 6.01 Å². The van der Waals surface area contributed by atoms with Crippen LogP contribution in [0.1, 0.15) is 27.7 Å². The van der Waals surface area contributed by atoms with E-state index in [1.54, 1.807) is 0 Å². The van der Waals surface area contributed by atoms with E-state index in [1.165, 1.54) is 14.2 Å². The number of nitrogens with zero attached hydrogens (tertiary/aromatic N) is 3. The summed E-state index contributed by atoms with van der Waals surface area (Å²) in [7, 11) is 2.52. The number of carbonyl (C=O) groups excluding carboxylic acids is 4.